The van der Waals surface area contributed by atoms with Crippen LogP contribution in [0.1, 0.15) is 18.4 Å². The summed E-state index contributed by atoms with van der Waals surface area (Å²) < 4.78 is 0. The molecule has 0 spiro atoms. The van der Waals surface area contributed by atoms with Crippen LogP contribution in [0.15, 0.2) is 30.7 Å². The van der Waals surface area contributed by atoms with Crippen molar-refractivity contribution in [3.05, 3.63) is 36.3 Å². The highest BCUT2D eigenvalue weighted by molar-refractivity contribution is 5.39. The fourth-order valence-corrected chi connectivity index (χ4v) is 2.13. The zero-order valence-corrected chi connectivity index (χ0v) is 10.7. The molecule has 0 radical (unpaired) electrons. The van der Waals surface area contributed by atoms with Crippen molar-refractivity contribution in [2.24, 2.45) is 0 Å². The average molecular weight is 256 g/mol. The lowest BCUT2D eigenvalue weighted by atomic mass is 10.3. The van der Waals surface area contributed by atoms with Gasteiger partial charge in [-0.25, -0.2) is 0 Å². The Kier molecular flexibility index (Phi) is 3.49. The Morgan fingerprint density at radius 1 is 1.21 bits per heavy atom. The maximum Gasteiger partial charge on any atom is 0.247 e. The van der Waals surface area contributed by atoms with Gasteiger partial charge in [-0.15, -0.1) is 5.10 Å². The molecule has 1 saturated heterocycles. The van der Waals surface area contributed by atoms with Gasteiger partial charge in [0, 0.05) is 32.0 Å². The van der Waals surface area contributed by atoms with Crippen LogP contribution in [-0.4, -0.2) is 33.3 Å². The summed E-state index contributed by atoms with van der Waals surface area (Å²) in [6, 6.07) is 3.95. The lowest BCUT2D eigenvalue weighted by molar-refractivity contribution is 0.848. The zero-order valence-electron chi connectivity index (χ0n) is 10.7. The molecule has 0 bridgehead atoms. The maximum absolute atomic E-state index is 4.49. The van der Waals surface area contributed by atoms with E-state index in [9.17, 15) is 0 Å². The Hall–Kier alpha value is -2.24. The highest BCUT2D eigenvalue weighted by Crippen LogP contribution is 2.16. The van der Waals surface area contributed by atoms with E-state index < -0.39 is 0 Å². The molecule has 98 valence electrons. The molecule has 0 saturated carbocycles. The molecule has 1 fully saturated rings. The third-order valence-corrected chi connectivity index (χ3v) is 3.13. The highest BCUT2D eigenvalue weighted by atomic mass is 15.3. The van der Waals surface area contributed by atoms with Crippen LogP contribution < -0.4 is 10.2 Å². The first-order valence-electron chi connectivity index (χ1n) is 6.49. The quantitative estimate of drug-likeness (QED) is 0.893. The van der Waals surface area contributed by atoms with Crippen LogP contribution in [0.25, 0.3) is 0 Å². The van der Waals surface area contributed by atoms with Crippen LogP contribution in [-0.2, 0) is 6.54 Å². The normalized spacial score (nSPS) is 14.6. The topological polar surface area (TPSA) is 66.8 Å². The predicted octanol–water partition coefficient (Wildman–Crippen LogP) is 1.48. The van der Waals surface area contributed by atoms with Crippen LogP contribution >= 0.6 is 0 Å². The lowest BCUT2D eigenvalue weighted by Crippen LogP contribution is -2.21. The molecule has 1 N–H and O–H groups in total. The van der Waals surface area contributed by atoms with Gasteiger partial charge in [0.15, 0.2) is 5.82 Å². The minimum Gasteiger partial charge on any atom is -0.364 e. The molecule has 0 unspecified atom stereocenters. The van der Waals surface area contributed by atoms with E-state index in [-0.39, 0.29) is 0 Å². The van der Waals surface area contributed by atoms with Crippen molar-refractivity contribution in [3.63, 3.8) is 0 Å². The van der Waals surface area contributed by atoms with E-state index in [1.54, 1.807) is 12.4 Å². The van der Waals surface area contributed by atoms with E-state index in [4.69, 9.17) is 0 Å². The van der Waals surface area contributed by atoms with Crippen molar-refractivity contribution in [2.45, 2.75) is 19.4 Å². The van der Waals surface area contributed by atoms with E-state index >= 15 is 0 Å². The van der Waals surface area contributed by atoms with Crippen LogP contribution in [0, 0.1) is 0 Å². The molecular formula is C13H16N6. The van der Waals surface area contributed by atoms with Gasteiger partial charge in [-0.3, -0.25) is 4.98 Å². The summed E-state index contributed by atoms with van der Waals surface area (Å²) in [7, 11) is 0. The van der Waals surface area contributed by atoms with Crippen LogP contribution in [0.4, 0.5) is 11.8 Å². The number of rotatable bonds is 4. The summed E-state index contributed by atoms with van der Waals surface area (Å²) in [5, 5.41) is 11.3. The summed E-state index contributed by atoms with van der Waals surface area (Å²) in [4.78, 5) is 10.7. The Labute approximate surface area is 111 Å². The number of hydrogen-bond donors (Lipinski definition) is 1. The predicted molar refractivity (Wildman–Crippen MR) is 72.8 cm³/mol. The minimum atomic E-state index is 0.686. The Bertz CT molecular complexity index is 524. The van der Waals surface area contributed by atoms with Crippen molar-refractivity contribution in [1.29, 1.82) is 0 Å². The number of pyridine rings is 1. The van der Waals surface area contributed by atoms with Crippen LogP contribution in [0.3, 0.4) is 0 Å². The Morgan fingerprint density at radius 2 is 2.11 bits per heavy atom. The number of nitrogens with one attached hydrogen (secondary N) is 1. The second kappa shape index (κ2) is 5.60. The van der Waals surface area contributed by atoms with Gasteiger partial charge >= 0.3 is 0 Å². The fraction of sp³-hybridized carbons (Fsp3) is 0.385. The molecule has 1 aliphatic heterocycles. The van der Waals surface area contributed by atoms with E-state index in [1.165, 1.54) is 12.8 Å². The second-order valence-corrected chi connectivity index (χ2v) is 4.55. The molecule has 6 heteroatoms. The summed E-state index contributed by atoms with van der Waals surface area (Å²) >= 11 is 0. The number of nitrogens with zero attached hydrogens (tertiary/aromatic N) is 5. The molecule has 2 aromatic heterocycles. The minimum absolute atomic E-state index is 0.686. The summed E-state index contributed by atoms with van der Waals surface area (Å²) in [5.41, 5.74) is 1.11. The molecule has 0 atom stereocenters. The number of anilines is 2. The summed E-state index contributed by atoms with van der Waals surface area (Å²) in [6.07, 6.45) is 7.66. The summed E-state index contributed by atoms with van der Waals surface area (Å²) in [5.74, 6) is 1.47. The standard InChI is InChI=1S/C13H16N6/c1-2-7-19(6-1)13-17-12(10-16-18-13)15-9-11-4-3-5-14-8-11/h3-5,8,10H,1-2,6-7,9H2,(H,15,17,18). The van der Waals surface area contributed by atoms with Gasteiger partial charge in [0.25, 0.3) is 0 Å². The molecule has 3 heterocycles. The molecular weight excluding hydrogens is 240 g/mol. The van der Waals surface area contributed by atoms with Gasteiger partial charge in [0.1, 0.15) is 0 Å². The van der Waals surface area contributed by atoms with Crippen molar-refractivity contribution >= 4 is 11.8 Å². The van der Waals surface area contributed by atoms with Gasteiger partial charge in [0.05, 0.1) is 6.20 Å². The van der Waals surface area contributed by atoms with E-state index in [2.05, 4.69) is 30.4 Å². The largest absolute Gasteiger partial charge is 0.364 e. The molecule has 0 aliphatic carbocycles. The molecule has 6 nitrogen and oxygen atoms in total. The average Bonchev–Trinajstić information content (AvgIpc) is 3.01. The molecule has 3 rings (SSSR count). The monoisotopic (exact) mass is 256 g/mol. The third-order valence-electron chi connectivity index (χ3n) is 3.13. The van der Waals surface area contributed by atoms with E-state index in [0.717, 1.165) is 24.5 Å². The first-order chi connectivity index (χ1) is 9.42. The second-order valence-electron chi connectivity index (χ2n) is 4.55. The molecule has 19 heavy (non-hydrogen) atoms. The molecule has 1 aliphatic rings. The maximum atomic E-state index is 4.49. The van der Waals surface area contributed by atoms with Gasteiger partial charge in [-0.2, -0.15) is 10.1 Å². The van der Waals surface area contributed by atoms with Crippen molar-refractivity contribution in [2.75, 3.05) is 23.3 Å². The van der Waals surface area contributed by atoms with E-state index in [1.807, 2.05) is 18.3 Å². The van der Waals surface area contributed by atoms with Crippen molar-refractivity contribution < 1.29 is 0 Å². The Morgan fingerprint density at radius 3 is 2.89 bits per heavy atom. The van der Waals surface area contributed by atoms with Gasteiger partial charge in [-0.1, -0.05) is 6.07 Å². The lowest BCUT2D eigenvalue weighted by Gasteiger charge is -2.14. The zero-order chi connectivity index (χ0) is 12.9. The molecule has 0 amide bonds. The fourth-order valence-electron chi connectivity index (χ4n) is 2.13. The van der Waals surface area contributed by atoms with Crippen LogP contribution in [0.2, 0.25) is 0 Å². The van der Waals surface area contributed by atoms with Crippen molar-refractivity contribution in [1.82, 2.24) is 20.2 Å². The SMILES string of the molecule is c1cncc(CNc2cnnc(N3CCCC3)n2)c1. The molecule has 2 aromatic rings. The van der Waals surface area contributed by atoms with E-state index in [0.29, 0.717) is 12.5 Å². The summed E-state index contributed by atoms with van der Waals surface area (Å²) in [6.45, 7) is 2.73. The highest BCUT2D eigenvalue weighted by Gasteiger charge is 2.15. The number of aromatic nitrogens is 4. The first-order valence-corrected chi connectivity index (χ1v) is 6.49. The molecule has 0 aromatic carbocycles. The number of hydrogen-bond acceptors (Lipinski definition) is 6. The van der Waals surface area contributed by atoms with Gasteiger partial charge < -0.3 is 10.2 Å². The van der Waals surface area contributed by atoms with Gasteiger partial charge in [0.2, 0.25) is 5.95 Å². The Balaban J connectivity index is 1.66. The first kappa shape index (κ1) is 11.8. The third kappa shape index (κ3) is 2.96. The smallest absolute Gasteiger partial charge is 0.247 e. The van der Waals surface area contributed by atoms with Crippen LogP contribution in [0.5, 0.6) is 0 Å². The van der Waals surface area contributed by atoms with Crippen molar-refractivity contribution in [3.8, 4) is 0 Å². The van der Waals surface area contributed by atoms with Gasteiger partial charge in [-0.05, 0) is 24.5 Å².